The van der Waals surface area contributed by atoms with E-state index in [0.29, 0.717) is 6.54 Å². The van der Waals surface area contributed by atoms with E-state index in [1.54, 1.807) is 0 Å². The lowest BCUT2D eigenvalue weighted by molar-refractivity contribution is 0.220. The first kappa shape index (κ1) is 15.8. The summed E-state index contributed by atoms with van der Waals surface area (Å²) in [5, 5.41) is 0. The molecule has 1 atom stereocenters. The molecule has 3 heteroatoms. The summed E-state index contributed by atoms with van der Waals surface area (Å²) in [6.45, 7) is 9.81. The van der Waals surface area contributed by atoms with Crippen molar-refractivity contribution in [3.8, 4) is 0 Å². The molecule has 21 heavy (non-hydrogen) atoms. The van der Waals surface area contributed by atoms with E-state index in [9.17, 15) is 0 Å². The molecule has 3 nitrogen and oxygen atoms in total. The second kappa shape index (κ2) is 6.46. The Kier molecular flexibility index (Phi) is 4.86. The summed E-state index contributed by atoms with van der Waals surface area (Å²) in [6.07, 6.45) is 0. The Morgan fingerprint density at radius 1 is 1.10 bits per heavy atom. The van der Waals surface area contributed by atoms with E-state index < -0.39 is 0 Å². The van der Waals surface area contributed by atoms with E-state index in [2.05, 4.69) is 44.9 Å². The van der Waals surface area contributed by atoms with Gasteiger partial charge in [-0.2, -0.15) is 0 Å². The Hall–Kier alpha value is -1.58. The summed E-state index contributed by atoms with van der Waals surface area (Å²) in [5.74, 6) is 1.93. The van der Waals surface area contributed by atoms with Crippen LogP contribution < -0.4 is 5.73 Å². The Labute approximate surface area is 127 Å². The molecule has 0 saturated heterocycles. The van der Waals surface area contributed by atoms with Gasteiger partial charge in [-0.15, -0.1) is 0 Å². The van der Waals surface area contributed by atoms with Gasteiger partial charge in [-0.3, -0.25) is 4.90 Å². The summed E-state index contributed by atoms with van der Waals surface area (Å²) in [6, 6.07) is 8.71. The molecule has 0 aliphatic rings. The van der Waals surface area contributed by atoms with Gasteiger partial charge >= 0.3 is 0 Å². The van der Waals surface area contributed by atoms with Gasteiger partial charge in [0, 0.05) is 12.6 Å². The van der Waals surface area contributed by atoms with Gasteiger partial charge in [0.2, 0.25) is 0 Å². The van der Waals surface area contributed by atoms with Crippen molar-refractivity contribution in [3.05, 3.63) is 58.0 Å². The van der Waals surface area contributed by atoms with Gasteiger partial charge < -0.3 is 10.2 Å². The first-order valence-corrected chi connectivity index (χ1v) is 7.45. The second-order valence-electron chi connectivity index (χ2n) is 5.99. The molecule has 1 unspecified atom stereocenters. The van der Waals surface area contributed by atoms with Crippen LogP contribution in [0.5, 0.6) is 0 Å². The Balaban J connectivity index is 2.27. The zero-order valence-electron chi connectivity index (χ0n) is 13.7. The third-order valence-electron chi connectivity index (χ3n) is 4.03. The highest BCUT2D eigenvalue weighted by atomic mass is 16.3. The molecule has 0 aliphatic heterocycles. The topological polar surface area (TPSA) is 42.4 Å². The third kappa shape index (κ3) is 3.55. The van der Waals surface area contributed by atoms with Crippen LogP contribution in [0, 0.1) is 27.7 Å². The average Bonchev–Trinajstić information content (AvgIpc) is 2.78. The highest BCUT2D eigenvalue weighted by Gasteiger charge is 2.20. The fourth-order valence-corrected chi connectivity index (χ4v) is 3.16. The molecule has 0 bridgehead atoms. The number of rotatable bonds is 5. The maximum atomic E-state index is 6.07. The highest BCUT2D eigenvalue weighted by molar-refractivity contribution is 5.40. The highest BCUT2D eigenvalue weighted by Crippen LogP contribution is 2.28. The lowest BCUT2D eigenvalue weighted by Crippen LogP contribution is -2.31. The number of hydrogen-bond acceptors (Lipinski definition) is 3. The standard InChI is InChI=1S/C18H26N2O/c1-12-8-13(2)18(14(3)9-12)17(10-19)20(5)11-16-7-6-15(4)21-16/h6-9,17H,10-11,19H2,1-5H3. The molecule has 114 valence electrons. The molecular formula is C18H26N2O. The normalized spacial score (nSPS) is 12.9. The van der Waals surface area contributed by atoms with Crippen LogP contribution in [0.25, 0.3) is 0 Å². The molecule has 0 saturated carbocycles. The molecule has 2 aromatic rings. The van der Waals surface area contributed by atoms with Crippen LogP contribution in [-0.2, 0) is 6.54 Å². The molecular weight excluding hydrogens is 260 g/mol. The minimum atomic E-state index is 0.205. The number of hydrogen-bond donors (Lipinski definition) is 1. The number of aryl methyl sites for hydroxylation is 4. The number of nitrogens with two attached hydrogens (primary N) is 1. The first-order chi connectivity index (χ1) is 9.92. The fourth-order valence-electron chi connectivity index (χ4n) is 3.16. The van der Waals surface area contributed by atoms with E-state index in [-0.39, 0.29) is 6.04 Å². The van der Waals surface area contributed by atoms with E-state index in [1.807, 2.05) is 19.1 Å². The zero-order valence-corrected chi connectivity index (χ0v) is 13.7. The third-order valence-corrected chi connectivity index (χ3v) is 4.03. The quantitative estimate of drug-likeness (QED) is 0.912. The molecule has 1 aromatic heterocycles. The van der Waals surface area contributed by atoms with Crippen molar-refractivity contribution < 1.29 is 4.42 Å². The Morgan fingerprint density at radius 3 is 2.19 bits per heavy atom. The van der Waals surface area contributed by atoms with Gasteiger partial charge in [0.15, 0.2) is 0 Å². The lowest BCUT2D eigenvalue weighted by atomic mass is 9.93. The molecule has 2 N–H and O–H groups in total. The van der Waals surface area contributed by atoms with Crippen molar-refractivity contribution in [2.24, 2.45) is 5.73 Å². The summed E-state index contributed by atoms with van der Waals surface area (Å²) in [5.41, 5.74) is 11.3. The van der Waals surface area contributed by atoms with Crippen molar-refractivity contribution in [1.82, 2.24) is 4.90 Å². The van der Waals surface area contributed by atoms with Gasteiger partial charge in [0.25, 0.3) is 0 Å². The summed E-state index contributed by atoms with van der Waals surface area (Å²) in [4.78, 5) is 2.27. The minimum Gasteiger partial charge on any atom is -0.465 e. The van der Waals surface area contributed by atoms with Gasteiger partial charge in [0.1, 0.15) is 11.5 Å². The molecule has 0 aliphatic carbocycles. The summed E-state index contributed by atoms with van der Waals surface area (Å²) in [7, 11) is 2.11. The number of benzene rings is 1. The molecule has 1 heterocycles. The van der Waals surface area contributed by atoms with Crippen molar-refractivity contribution in [2.75, 3.05) is 13.6 Å². The van der Waals surface area contributed by atoms with E-state index in [4.69, 9.17) is 10.2 Å². The Bertz CT molecular complexity index is 592. The molecule has 0 spiro atoms. The van der Waals surface area contributed by atoms with Crippen LogP contribution in [0.15, 0.2) is 28.7 Å². The number of nitrogens with zero attached hydrogens (tertiary/aromatic N) is 1. The van der Waals surface area contributed by atoms with Gasteiger partial charge in [-0.1, -0.05) is 17.7 Å². The van der Waals surface area contributed by atoms with Crippen molar-refractivity contribution in [2.45, 2.75) is 40.3 Å². The van der Waals surface area contributed by atoms with Crippen LogP contribution in [0.1, 0.15) is 39.8 Å². The largest absolute Gasteiger partial charge is 0.465 e. The molecule has 0 amide bonds. The van der Waals surface area contributed by atoms with Crippen molar-refractivity contribution in [3.63, 3.8) is 0 Å². The molecule has 1 aromatic carbocycles. The molecule has 0 radical (unpaired) electrons. The SMILES string of the molecule is Cc1cc(C)c(C(CN)N(C)Cc2ccc(C)o2)c(C)c1. The van der Waals surface area contributed by atoms with Gasteiger partial charge in [-0.25, -0.2) is 0 Å². The van der Waals surface area contributed by atoms with Crippen LogP contribution >= 0.6 is 0 Å². The predicted molar refractivity (Wildman–Crippen MR) is 87.4 cm³/mol. The number of likely N-dealkylation sites (N-methyl/N-ethyl adjacent to an activating group) is 1. The van der Waals surface area contributed by atoms with E-state index in [1.165, 1.54) is 22.3 Å². The monoisotopic (exact) mass is 286 g/mol. The van der Waals surface area contributed by atoms with Gasteiger partial charge in [-0.05, 0) is 63.6 Å². The van der Waals surface area contributed by atoms with Crippen LogP contribution in [-0.4, -0.2) is 18.5 Å². The van der Waals surface area contributed by atoms with E-state index in [0.717, 1.165) is 18.1 Å². The molecule has 2 rings (SSSR count). The van der Waals surface area contributed by atoms with Crippen LogP contribution in [0.4, 0.5) is 0 Å². The zero-order chi connectivity index (χ0) is 15.6. The smallest absolute Gasteiger partial charge is 0.118 e. The van der Waals surface area contributed by atoms with Crippen molar-refractivity contribution in [1.29, 1.82) is 0 Å². The lowest BCUT2D eigenvalue weighted by Gasteiger charge is -2.29. The minimum absolute atomic E-state index is 0.205. The van der Waals surface area contributed by atoms with E-state index >= 15 is 0 Å². The van der Waals surface area contributed by atoms with Crippen molar-refractivity contribution >= 4 is 0 Å². The summed E-state index contributed by atoms with van der Waals surface area (Å²) >= 11 is 0. The molecule has 0 fully saturated rings. The fraction of sp³-hybridized carbons (Fsp3) is 0.444. The van der Waals surface area contributed by atoms with Crippen LogP contribution in [0.2, 0.25) is 0 Å². The maximum absolute atomic E-state index is 6.07. The summed E-state index contributed by atoms with van der Waals surface area (Å²) < 4.78 is 5.68. The second-order valence-corrected chi connectivity index (χ2v) is 5.99. The Morgan fingerprint density at radius 2 is 1.71 bits per heavy atom. The number of furan rings is 1. The maximum Gasteiger partial charge on any atom is 0.118 e. The average molecular weight is 286 g/mol. The first-order valence-electron chi connectivity index (χ1n) is 7.45. The van der Waals surface area contributed by atoms with Gasteiger partial charge in [0.05, 0.1) is 6.54 Å². The predicted octanol–water partition coefficient (Wildman–Crippen LogP) is 3.65. The van der Waals surface area contributed by atoms with Crippen LogP contribution in [0.3, 0.4) is 0 Å².